The van der Waals surface area contributed by atoms with Crippen LogP contribution in [0.1, 0.15) is 59.8 Å². The molecule has 378 valence electrons. The Morgan fingerprint density at radius 2 is 1.23 bits per heavy atom. The van der Waals surface area contributed by atoms with Gasteiger partial charge in [0.2, 0.25) is 0 Å². The number of hydrogen-bond donors (Lipinski definition) is 2. The molecule has 0 spiro atoms. The van der Waals surface area contributed by atoms with E-state index in [1.54, 1.807) is 41.3 Å². The molecule has 2 amide bonds. The number of anilines is 1. The van der Waals surface area contributed by atoms with E-state index in [0.29, 0.717) is 51.6 Å². The number of amides is 2. The fourth-order valence-electron chi connectivity index (χ4n) is 9.67. The minimum absolute atomic E-state index is 0. The average molecular weight is 1050 g/mol. The first kappa shape index (κ1) is 52.8. The lowest BCUT2D eigenvalue weighted by molar-refractivity contribution is -0.144. The second-order valence-electron chi connectivity index (χ2n) is 18.7. The first-order valence-corrected chi connectivity index (χ1v) is 26.9. The Balaban J connectivity index is 0.000000258. The van der Waals surface area contributed by atoms with E-state index in [0.717, 1.165) is 120 Å². The monoisotopic (exact) mass is 1050 g/mol. The third-order valence-electron chi connectivity index (χ3n) is 13.7. The zero-order valence-electron chi connectivity index (χ0n) is 39.3. The first-order chi connectivity index (χ1) is 33.1. The van der Waals surface area contributed by atoms with E-state index in [1.165, 1.54) is 12.1 Å². The molecule has 69 heavy (non-hydrogen) atoms. The van der Waals surface area contributed by atoms with Crippen molar-refractivity contribution in [1.82, 2.24) is 24.3 Å². The summed E-state index contributed by atoms with van der Waals surface area (Å²) < 4.78 is 39.8. The van der Waals surface area contributed by atoms with Crippen molar-refractivity contribution in [3.05, 3.63) is 117 Å². The van der Waals surface area contributed by atoms with Crippen LogP contribution in [0.3, 0.4) is 0 Å². The lowest BCUT2D eigenvalue weighted by atomic mass is 9.93. The predicted octanol–water partition coefficient (Wildman–Crippen LogP) is 10.2. The molecular weight excluding hydrogens is 982 g/mol. The van der Waals surface area contributed by atoms with Crippen LogP contribution in [0, 0.1) is 5.92 Å². The van der Waals surface area contributed by atoms with Gasteiger partial charge in [0.1, 0.15) is 29.7 Å². The molecule has 0 bridgehead atoms. The molecule has 2 N–H and O–H groups in total. The van der Waals surface area contributed by atoms with Crippen molar-refractivity contribution in [2.45, 2.75) is 87.0 Å². The second kappa shape index (κ2) is 24.9. The fraction of sp³-hybridized carbons (Fsp3) is 0.490. The molecule has 4 aromatic rings. The van der Waals surface area contributed by atoms with Gasteiger partial charge in [-0.25, -0.2) is 17.9 Å². The van der Waals surface area contributed by atoms with E-state index in [2.05, 4.69) is 19.4 Å². The van der Waals surface area contributed by atoms with Crippen molar-refractivity contribution in [3.63, 3.8) is 0 Å². The highest BCUT2D eigenvalue weighted by molar-refractivity contribution is 7.90. The number of ether oxygens (including phenoxy) is 2. The quantitative estimate of drug-likeness (QED) is 0.125. The van der Waals surface area contributed by atoms with Crippen molar-refractivity contribution in [1.29, 1.82) is 0 Å². The molecule has 18 heteroatoms. The minimum atomic E-state index is -3.92. The number of rotatable bonds is 14. The molecule has 0 unspecified atom stereocenters. The number of hydrogen-bond acceptors (Lipinski definition) is 10. The summed E-state index contributed by atoms with van der Waals surface area (Å²) >= 11 is 24.1. The molecule has 13 nitrogen and oxygen atoms in total. The summed E-state index contributed by atoms with van der Waals surface area (Å²) in [5.41, 5.74) is 1.96. The molecule has 4 aliphatic heterocycles. The Morgan fingerprint density at radius 1 is 0.696 bits per heavy atom. The Hall–Kier alpha value is -3.99. The molecule has 4 aromatic carbocycles. The van der Waals surface area contributed by atoms with Crippen LogP contribution in [0.2, 0.25) is 20.1 Å². The van der Waals surface area contributed by atoms with Gasteiger partial charge in [-0.3, -0.25) is 14.6 Å². The summed E-state index contributed by atoms with van der Waals surface area (Å²) in [7, 11) is -0.167. The summed E-state index contributed by atoms with van der Waals surface area (Å²) in [6, 6.07) is 26.5. The van der Waals surface area contributed by atoms with E-state index in [4.69, 9.17) is 55.9 Å². The number of carboxylic acid groups (broad SMARTS) is 1. The summed E-state index contributed by atoms with van der Waals surface area (Å²) in [5.74, 6) is 1.41. The van der Waals surface area contributed by atoms with E-state index in [-0.39, 0.29) is 20.0 Å². The number of carboxylic acids is 1. The van der Waals surface area contributed by atoms with Crippen molar-refractivity contribution in [3.8, 4) is 11.5 Å². The Bertz CT molecular complexity index is 2420. The van der Waals surface area contributed by atoms with Crippen molar-refractivity contribution >= 4 is 74.1 Å². The number of sulfonamides is 1. The molecule has 4 aliphatic rings. The van der Waals surface area contributed by atoms with Gasteiger partial charge >= 0.3 is 12.0 Å². The smallest absolute Gasteiger partial charge is 0.331 e. The first-order valence-electron chi connectivity index (χ1n) is 23.9. The van der Waals surface area contributed by atoms with Gasteiger partial charge in [0.15, 0.2) is 0 Å². The Morgan fingerprint density at radius 3 is 1.74 bits per heavy atom. The van der Waals surface area contributed by atoms with Gasteiger partial charge in [-0.1, -0.05) is 76.7 Å². The van der Waals surface area contributed by atoms with E-state index >= 15 is 0 Å². The second-order valence-corrected chi connectivity index (χ2v) is 22.0. The van der Waals surface area contributed by atoms with Crippen LogP contribution in [0.5, 0.6) is 11.5 Å². The largest absolute Gasteiger partial charge is 0.490 e. The third-order valence-corrected chi connectivity index (χ3v) is 16.5. The summed E-state index contributed by atoms with van der Waals surface area (Å²) in [5, 5.41) is 11.9. The highest BCUT2D eigenvalue weighted by Gasteiger charge is 2.33. The van der Waals surface area contributed by atoms with Crippen LogP contribution in [-0.4, -0.2) is 142 Å². The van der Waals surface area contributed by atoms with Gasteiger partial charge in [-0.2, -0.15) is 0 Å². The molecule has 0 saturated carbocycles. The fourth-order valence-corrected chi connectivity index (χ4v) is 11.2. The van der Waals surface area contributed by atoms with Crippen molar-refractivity contribution in [2.24, 2.45) is 5.92 Å². The molecule has 4 fully saturated rings. The number of carbonyl (C=O) groups excluding carboxylic acids is 1. The summed E-state index contributed by atoms with van der Waals surface area (Å²) in [6.45, 7) is 7.72. The Labute approximate surface area is 430 Å². The maximum atomic E-state index is 12.7. The highest BCUT2D eigenvalue weighted by Crippen LogP contribution is 2.31. The maximum absolute atomic E-state index is 12.7. The highest BCUT2D eigenvalue weighted by atomic mass is 35.5. The number of benzene rings is 4. The van der Waals surface area contributed by atoms with Crippen LogP contribution in [0.25, 0.3) is 0 Å². The number of halogens is 4. The van der Waals surface area contributed by atoms with E-state index < -0.39 is 28.1 Å². The molecule has 4 heterocycles. The number of piperidine rings is 4. The minimum Gasteiger partial charge on any atom is -0.490 e. The van der Waals surface area contributed by atoms with Gasteiger partial charge < -0.3 is 29.3 Å². The molecule has 0 aliphatic carbocycles. The number of urea groups is 1. The van der Waals surface area contributed by atoms with E-state index in [1.807, 2.05) is 61.5 Å². The molecule has 1 atom stereocenters. The van der Waals surface area contributed by atoms with Crippen LogP contribution in [0.4, 0.5) is 10.5 Å². The third kappa shape index (κ3) is 15.3. The number of nitrogens with one attached hydrogen (secondary N) is 1. The summed E-state index contributed by atoms with van der Waals surface area (Å²) in [4.78, 5) is 35.3. The Kier molecular flexibility index (Phi) is 19.1. The molecule has 4 saturated heterocycles. The SMILES string of the molecule is CN(C)c1ccc(S(=O)(=O)NC(=O)N2CCC(N3CCC(Oc4ccc(Cl)c(Cl)c4)CC3)CC2)cc1.O=C(O)[C@@H](Cc1ccccc1)N1CCC(CN2CCC(Oc3ccc(Cl)c(Cl)c3)CC2)CC1.[HH].[HH]. The van der Waals surface area contributed by atoms with Crippen molar-refractivity contribution < 1.29 is 35.4 Å². The normalized spacial score (nSPS) is 19.0. The van der Waals surface area contributed by atoms with Gasteiger partial charge in [-0.15, -0.1) is 0 Å². The molecule has 8 rings (SSSR count). The molecule has 0 radical (unpaired) electrons. The van der Waals surface area contributed by atoms with Crippen molar-refractivity contribution in [2.75, 3.05) is 77.9 Å². The summed E-state index contributed by atoms with van der Waals surface area (Å²) in [6.07, 6.45) is 8.43. The van der Waals surface area contributed by atoms with Crippen LogP contribution < -0.4 is 19.1 Å². The van der Waals surface area contributed by atoms with Gasteiger partial charge in [-0.05, 0) is 131 Å². The number of nitrogens with zero attached hydrogens (tertiary/aromatic N) is 5. The number of carbonyl (C=O) groups is 2. The van der Waals surface area contributed by atoms with Gasteiger partial charge in [0.05, 0.1) is 25.0 Å². The van der Waals surface area contributed by atoms with Gasteiger partial charge in [0.25, 0.3) is 10.0 Å². The van der Waals surface area contributed by atoms with E-state index in [9.17, 15) is 23.1 Å². The maximum Gasteiger partial charge on any atom is 0.331 e. The average Bonchev–Trinajstić information content (AvgIpc) is 3.34. The van der Waals surface area contributed by atoms with Gasteiger partial charge in [0, 0.05) is 86.6 Å². The molecule has 0 aromatic heterocycles. The van der Waals surface area contributed by atoms with Crippen LogP contribution in [-0.2, 0) is 21.2 Å². The zero-order chi connectivity index (χ0) is 49.1. The van der Waals surface area contributed by atoms with Crippen LogP contribution in [0.15, 0.2) is 95.9 Å². The topological polar surface area (TPSA) is 135 Å². The predicted molar refractivity (Wildman–Crippen MR) is 279 cm³/mol. The van der Waals surface area contributed by atoms with Crippen LogP contribution >= 0.6 is 46.4 Å². The number of aliphatic carboxylic acids is 1. The lowest BCUT2D eigenvalue weighted by Crippen LogP contribution is -2.52. The standard InChI is InChI=1S/C26H32Cl2N2O3.C25H32Cl2N4O4S.2H2/c27-23-7-6-22(17-24(23)28)33-21-10-12-29(13-11-21)18-20-8-14-30(15-9-20)25(26(31)32)16-19-4-2-1-3-5-19;1-29(2)18-3-6-22(7-4-18)36(33,34)28-25(32)31-13-9-19(10-14-31)30-15-11-20(12-16-30)35-21-5-8-23(26)24(27)17-21;;/h1-7,17,20-21,25H,8-16,18H2,(H,31,32);3-8,17,19-20H,9-16H2,1-2H3,(H,28,32);2*1H/t25-;;;/m1.../s1. The molecular formula is C51H68Cl4N6O7S. The zero-order valence-corrected chi connectivity index (χ0v) is 43.2. The lowest BCUT2D eigenvalue weighted by Gasteiger charge is -2.41. The number of likely N-dealkylation sites (tertiary alicyclic amines) is 4.